The number of rotatable bonds is 3. The Morgan fingerprint density at radius 3 is 2.73 bits per heavy atom. The summed E-state index contributed by atoms with van der Waals surface area (Å²) in [6.07, 6.45) is 0. The highest BCUT2D eigenvalue weighted by Crippen LogP contribution is 2.10. The van der Waals surface area contributed by atoms with Crippen LogP contribution in [-0.2, 0) is 4.84 Å². The van der Waals surface area contributed by atoms with E-state index in [9.17, 15) is 0 Å². The predicted molar refractivity (Wildman–Crippen MR) is 60.7 cm³/mol. The maximum Gasteiger partial charge on any atom is 0.378 e. The molecule has 15 heavy (non-hydrogen) atoms. The Labute approximate surface area is 90.2 Å². The summed E-state index contributed by atoms with van der Waals surface area (Å²) >= 11 is 0. The molecule has 78 valence electrons. The number of hydrogen-bond donors (Lipinski definition) is 0. The largest absolute Gasteiger partial charge is 0.378 e. The smallest absolute Gasteiger partial charge is 0.317 e. The Morgan fingerprint density at radius 2 is 2.13 bits per heavy atom. The van der Waals surface area contributed by atoms with E-state index < -0.39 is 0 Å². The molecule has 0 saturated heterocycles. The monoisotopic (exact) mass is 202 g/mol. The molecule has 0 aliphatic rings. The van der Waals surface area contributed by atoms with Crippen molar-refractivity contribution in [2.75, 3.05) is 6.73 Å². The van der Waals surface area contributed by atoms with Crippen molar-refractivity contribution in [3.63, 3.8) is 0 Å². The summed E-state index contributed by atoms with van der Waals surface area (Å²) in [6.45, 7) is 12.5. The van der Waals surface area contributed by atoms with Crippen LogP contribution in [0.4, 0.5) is 0 Å². The number of aryl methyl sites for hydroxylation is 2. The van der Waals surface area contributed by atoms with Crippen molar-refractivity contribution in [3.8, 4) is 0 Å². The molecule has 0 N–H and O–H groups in total. The van der Waals surface area contributed by atoms with E-state index in [0.717, 1.165) is 11.3 Å². The number of nitrogens with zero attached hydrogens (tertiary/aromatic N) is 2. The molecule has 0 unspecified atom stereocenters. The van der Waals surface area contributed by atoms with Crippen molar-refractivity contribution in [2.45, 2.75) is 20.8 Å². The zero-order chi connectivity index (χ0) is 11.3. The van der Waals surface area contributed by atoms with E-state index in [1.54, 1.807) is 0 Å². The molecular weight excluding hydrogens is 188 g/mol. The lowest BCUT2D eigenvalue weighted by Gasteiger charge is -2.03. The van der Waals surface area contributed by atoms with Crippen molar-refractivity contribution in [1.82, 2.24) is 0 Å². The van der Waals surface area contributed by atoms with Crippen molar-refractivity contribution in [3.05, 3.63) is 46.3 Å². The van der Waals surface area contributed by atoms with Crippen LogP contribution in [0.1, 0.15) is 23.6 Å². The molecular formula is C12H14N2O. The molecule has 0 aliphatic heterocycles. The fourth-order valence-electron chi connectivity index (χ4n) is 1.17. The number of hydrogen-bond acceptors (Lipinski definition) is 2. The third kappa shape index (κ3) is 3.10. The molecule has 1 rings (SSSR count). The third-order valence-corrected chi connectivity index (χ3v) is 2.25. The maximum atomic E-state index is 6.54. The average Bonchev–Trinajstić information content (AvgIpc) is 2.22. The minimum atomic E-state index is -0.0256. The zero-order valence-corrected chi connectivity index (χ0v) is 9.24. The summed E-state index contributed by atoms with van der Waals surface area (Å²) in [5.74, 6) is 0. The minimum Gasteiger partial charge on any atom is -0.317 e. The van der Waals surface area contributed by atoms with Gasteiger partial charge in [-0.1, -0.05) is 17.3 Å². The van der Waals surface area contributed by atoms with Gasteiger partial charge in [0, 0.05) is 0 Å². The highest BCUT2D eigenvalue weighted by atomic mass is 16.6. The van der Waals surface area contributed by atoms with Crippen LogP contribution in [0.2, 0.25) is 0 Å². The van der Waals surface area contributed by atoms with Gasteiger partial charge in [0.1, 0.15) is 0 Å². The summed E-state index contributed by atoms with van der Waals surface area (Å²) in [7, 11) is 0. The molecule has 0 saturated carbocycles. The van der Waals surface area contributed by atoms with Gasteiger partial charge in [0.15, 0.2) is 0 Å². The van der Waals surface area contributed by atoms with E-state index in [4.69, 9.17) is 11.4 Å². The van der Waals surface area contributed by atoms with Gasteiger partial charge in [0.2, 0.25) is 0 Å². The van der Waals surface area contributed by atoms with E-state index in [0.29, 0.717) is 0 Å². The summed E-state index contributed by atoms with van der Waals surface area (Å²) < 4.78 is 0. The summed E-state index contributed by atoms with van der Waals surface area (Å²) in [5.41, 5.74) is 4.31. The molecule has 3 heteroatoms. The fourth-order valence-corrected chi connectivity index (χ4v) is 1.17. The highest BCUT2D eigenvalue weighted by molar-refractivity contribution is 5.98. The first-order valence-electron chi connectivity index (χ1n) is 4.72. The second-order valence-corrected chi connectivity index (χ2v) is 3.39. The molecule has 0 radical (unpaired) electrons. The average molecular weight is 202 g/mol. The second-order valence-electron chi connectivity index (χ2n) is 3.39. The summed E-state index contributed by atoms with van der Waals surface area (Å²) in [5, 5.41) is 3.86. The van der Waals surface area contributed by atoms with E-state index in [1.807, 2.05) is 13.0 Å². The first-order chi connectivity index (χ1) is 7.15. The van der Waals surface area contributed by atoms with Gasteiger partial charge in [0.25, 0.3) is 0 Å². The Balaban J connectivity index is 2.83. The zero-order valence-electron chi connectivity index (χ0n) is 9.24. The summed E-state index contributed by atoms with van der Waals surface area (Å²) in [4.78, 5) is 7.86. The molecule has 0 heterocycles. The van der Waals surface area contributed by atoms with Crippen LogP contribution >= 0.6 is 0 Å². The van der Waals surface area contributed by atoms with Gasteiger partial charge in [-0.3, -0.25) is 4.85 Å². The van der Waals surface area contributed by atoms with Crippen LogP contribution in [0.3, 0.4) is 0 Å². The van der Waals surface area contributed by atoms with Crippen LogP contribution in [0.15, 0.2) is 23.4 Å². The van der Waals surface area contributed by atoms with Crippen LogP contribution < -0.4 is 0 Å². The normalized spacial score (nSPS) is 10.9. The van der Waals surface area contributed by atoms with Crippen molar-refractivity contribution >= 4 is 5.71 Å². The first-order valence-corrected chi connectivity index (χ1v) is 4.72. The van der Waals surface area contributed by atoms with Gasteiger partial charge in [-0.25, -0.2) is 6.57 Å². The Kier molecular flexibility index (Phi) is 3.87. The second kappa shape index (κ2) is 5.16. The van der Waals surface area contributed by atoms with E-state index in [-0.39, 0.29) is 6.73 Å². The van der Waals surface area contributed by atoms with Gasteiger partial charge in [-0.05, 0) is 43.5 Å². The lowest BCUT2D eigenvalue weighted by Crippen LogP contribution is -1.97. The fraction of sp³-hybridized carbons (Fsp3) is 0.333. The van der Waals surface area contributed by atoms with Gasteiger partial charge >= 0.3 is 6.73 Å². The van der Waals surface area contributed by atoms with Crippen molar-refractivity contribution < 1.29 is 4.84 Å². The molecule has 0 bridgehead atoms. The van der Waals surface area contributed by atoms with Crippen molar-refractivity contribution in [2.24, 2.45) is 5.16 Å². The number of oxime groups is 1. The molecule has 3 nitrogen and oxygen atoms in total. The quantitative estimate of drug-likeness (QED) is 0.320. The molecule has 1 aromatic carbocycles. The molecule has 0 amide bonds. The van der Waals surface area contributed by atoms with Crippen LogP contribution in [0.25, 0.3) is 4.85 Å². The lowest BCUT2D eigenvalue weighted by molar-refractivity contribution is 0.173. The summed E-state index contributed by atoms with van der Waals surface area (Å²) in [6, 6.07) is 6.12. The van der Waals surface area contributed by atoms with Gasteiger partial charge in [-0.15, -0.1) is 0 Å². The van der Waals surface area contributed by atoms with E-state index in [2.05, 4.69) is 36.0 Å². The maximum absolute atomic E-state index is 6.54. The lowest BCUT2D eigenvalue weighted by atomic mass is 10.0. The Morgan fingerprint density at radius 1 is 1.40 bits per heavy atom. The molecule has 0 aliphatic carbocycles. The molecule has 0 atom stereocenters. The van der Waals surface area contributed by atoms with Gasteiger partial charge in [0.05, 0.1) is 5.71 Å². The Hall–Kier alpha value is -1.82. The third-order valence-electron chi connectivity index (χ3n) is 2.25. The molecule has 0 aromatic heterocycles. The standard InChI is InChI=1S/C12H14N2O/c1-9-5-6-12(7-10(9)2)11(3)14-15-8-13-4/h5-7H,8H2,1-3H3/b14-11-. The van der Waals surface area contributed by atoms with Crippen molar-refractivity contribution in [1.29, 1.82) is 0 Å². The van der Waals surface area contributed by atoms with Crippen LogP contribution in [0.5, 0.6) is 0 Å². The van der Waals surface area contributed by atoms with Crippen LogP contribution in [-0.4, -0.2) is 12.4 Å². The van der Waals surface area contributed by atoms with E-state index in [1.165, 1.54) is 11.1 Å². The predicted octanol–water partition coefficient (Wildman–Crippen LogP) is 2.92. The molecule has 0 fully saturated rings. The molecule has 0 spiro atoms. The van der Waals surface area contributed by atoms with Crippen LogP contribution in [0, 0.1) is 20.4 Å². The minimum absolute atomic E-state index is 0.0256. The Bertz CT molecular complexity index is 416. The molecule has 1 aromatic rings. The topological polar surface area (TPSA) is 25.9 Å². The van der Waals surface area contributed by atoms with Gasteiger partial charge in [-0.2, -0.15) is 0 Å². The first kappa shape index (κ1) is 11.3. The van der Waals surface area contributed by atoms with E-state index >= 15 is 0 Å². The van der Waals surface area contributed by atoms with Gasteiger partial charge < -0.3 is 4.84 Å². The highest BCUT2D eigenvalue weighted by Gasteiger charge is 2.00. The number of benzene rings is 1. The SMILES string of the molecule is [C-]#[N+]CO/N=C(/C)c1ccc(C)c(C)c1.